The molecule has 3 nitrogen and oxygen atoms in total. The Morgan fingerprint density at radius 1 is 1.30 bits per heavy atom. The highest BCUT2D eigenvalue weighted by Gasteiger charge is 2.19. The number of nitrogens with zero attached hydrogens (tertiary/aromatic N) is 2. The lowest BCUT2D eigenvalue weighted by Gasteiger charge is -2.21. The van der Waals surface area contributed by atoms with Gasteiger partial charge >= 0.3 is 0 Å². The quantitative estimate of drug-likeness (QED) is 0.783. The molecule has 20 heavy (non-hydrogen) atoms. The first-order chi connectivity index (χ1) is 9.60. The lowest BCUT2D eigenvalue weighted by Crippen LogP contribution is -2.31. The van der Waals surface area contributed by atoms with E-state index in [1.807, 2.05) is 19.9 Å². The Morgan fingerprint density at radius 2 is 2.05 bits per heavy atom. The number of aromatic nitrogens is 1. The number of benzene rings is 1. The van der Waals surface area contributed by atoms with E-state index < -0.39 is 0 Å². The monoisotopic (exact) mass is 310 g/mol. The molecule has 0 saturated heterocycles. The highest BCUT2D eigenvalue weighted by Crippen LogP contribution is 2.31. The molecule has 0 atom stereocenters. The van der Waals surface area contributed by atoms with Crippen LogP contribution in [0, 0.1) is 0 Å². The molecule has 0 saturated carbocycles. The average molecular weight is 311 g/mol. The van der Waals surface area contributed by atoms with Crippen LogP contribution in [0.2, 0.25) is 10.2 Å². The second kappa shape index (κ2) is 6.42. The molecule has 0 fully saturated rings. The van der Waals surface area contributed by atoms with Gasteiger partial charge in [0.2, 0.25) is 0 Å². The van der Waals surface area contributed by atoms with E-state index in [-0.39, 0.29) is 5.91 Å². The van der Waals surface area contributed by atoms with Crippen molar-refractivity contribution in [3.05, 3.63) is 40.1 Å². The van der Waals surface area contributed by atoms with Gasteiger partial charge < -0.3 is 4.90 Å². The summed E-state index contributed by atoms with van der Waals surface area (Å²) in [5.74, 6) is -0.0587. The number of halogens is 2. The average Bonchev–Trinajstić information content (AvgIpc) is 2.45. The summed E-state index contributed by atoms with van der Waals surface area (Å²) < 4.78 is 0. The largest absolute Gasteiger partial charge is 0.339 e. The predicted octanol–water partition coefficient (Wildman–Crippen LogP) is 4.41. The molecule has 0 spiro atoms. The van der Waals surface area contributed by atoms with Crippen molar-refractivity contribution in [3.8, 4) is 0 Å². The lowest BCUT2D eigenvalue weighted by atomic mass is 10.1. The summed E-state index contributed by atoms with van der Waals surface area (Å²) in [6, 6.07) is 5.38. The summed E-state index contributed by atoms with van der Waals surface area (Å²) in [6.45, 7) is 5.37. The molecule has 1 amide bonds. The first-order valence-electron chi connectivity index (χ1n) is 6.62. The van der Waals surface area contributed by atoms with Crippen molar-refractivity contribution in [1.29, 1.82) is 0 Å². The standard InChI is InChI=1S/C15H16Cl2N2O/c1-3-8-19(4-2)15(20)11-9-18-14(17)10-6-5-7-12(16)13(10)11/h5-7,9H,3-4,8H2,1-2H3. The van der Waals surface area contributed by atoms with E-state index in [0.29, 0.717) is 39.6 Å². The van der Waals surface area contributed by atoms with Gasteiger partial charge in [-0.05, 0) is 19.4 Å². The second-order valence-corrected chi connectivity index (χ2v) is 5.28. The number of hydrogen-bond acceptors (Lipinski definition) is 2. The normalized spacial score (nSPS) is 10.8. The van der Waals surface area contributed by atoms with Gasteiger partial charge in [-0.25, -0.2) is 4.98 Å². The molecule has 106 valence electrons. The van der Waals surface area contributed by atoms with Crippen LogP contribution in [0.3, 0.4) is 0 Å². The Kier molecular flexibility index (Phi) is 4.84. The minimum absolute atomic E-state index is 0.0587. The Balaban J connectivity index is 2.60. The smallest absolute Gasteiger partial charge is 0.256 e. The number of carbonyl (C=O) groups is 1. The summed E-state index contributed by atoms with van der Waals surface area (Å²) >= 11 is 12.3. The molecule has 0 bridgehead atoms. The van der Waals surface area contributed by atoms with Crippen molar-refractivity contribution < 1.29 is 4.79 Å². The van der Waals surface area contributed by atoms with Gasteiger partial charge in [0.25, 0.3) is 5.91 Å². The lowest BCUT2D eigenvalue weighted by molar-refractivity contribution is 0.0766. The Morgan fingerprint density at radius 3 is 2.70 bits per heavy atom. The second-order valence-electron chi connectivity index (χ2n) is 4.51. The molecule has 1 heterocycles. The first-order valence-corrected chi connectivity index (χ1v) is 7.37. The zero-order valence-corrected chi connectivity index (χ0v) is 13.0. The van der Waals surface area contributed by atoms with Gasteiger partial charge in [0.15, 0.2) is 0 Å². The van der Waals surface area contributed by atoms with Crippen LogP contribution < -0.4 is 0 Å². The summed E-state index contributed by atoms with van der Waals surface area (Å²) in [5, 5.41) is 2.26. The molecule has 0 N–H and O–H groups in total. The molecule has 1 aromatic heterocycles. The van der Waals surface area contributed by atoms with Gasteiger partial charge in [0, 0.05) is 35.1 Å². The van der Waals surface area contributed by atoms with E-state index in [1.54, 1.807) is 17.0 Å². The number of pyridine rings is 1. The van der Waals surface area contributed by atoms with E-state index >= 15 is 0 Å². The van der Waals surface area contributed by atoms with Crippen LogP contribution in [0.1, 0.15) is 30.6 Å². The maximum Gasteiger partial charge on any atom is 0.256 e. The Labute approximate surface area is 128 Å². The molecule has 1 aromatic carbocycles. The van der Waals surface area contributed by atoms with Crippen LogP contribution in [0.15, 0.2) is 24.4 Å². The number of carbonyl (C=O) groups excluding carboxylic acids is 1. The number of fused-ring (bicyclic) bond motifs is 1. The number of amides is 1. The zero-order valence-electron chi connectivity index (χ0n) is 11.5. The summed E-state index contributed by atoms with van der Waals surface area (Å²) in [6.07, 6.45) is 2.42. The van der Waals surface area contributed by atoms with Gasteiger partial charge in [-0.15, -0.1) is 0 Å². The Bertz CT molecular complexity index is 643. The predicted molar refractivity (Wildman–Crippen MR) is 83.6 cm³/mol. The maximum absolute atomic E-state index is 12.6. The zero-order chi connectivity index (χ0) is 14.7. The van der Waals surface area contributed by atoms with Gasteiger partial charge in [0.05, 0.1) is 5.56 Å². The third-order valence-corrected chi connectivity index (χ3v) is 3.82. The van der Waals surface area contributed by atoms with E-state index in [4.69, 9.17) is 23.2 Å². The molecular weight excluding hydrogens is 295 g/mol. The van der Waals surface area contributed by atoms with E-state index in [0.717, 1.165) is 6.42 Å². The maximum atomic E-state index is 12.6. The molecule has 5 heteroatoms. The van der Waals surface area contributed by atoms with Crippen LogP contribution in [0.4, 0.5) is 0 Å². The van der Waals surface area contributed by atoms with Gasteiger partial charge in [-0.2, -0.15) is 0 Å². The molecule has 0 radical (unpaired) electrons. The third kappa shape index (κ3) is 2.74. The first kappa shape index (κ1) is 15.1. The van der Waals surface area contributed by atoms with E-state index in [2.05, 4.69) is 4.98 Å². The summed E-state index contributed by atoms with van der Waals surface area (Å²) in [4.78, 5) is 18.5. The molecule has 2 aromatic rings. The molecule has 0 unspecified atom stereocenters. The van der Waals surface area contributed by atoms with Crippen molar-refractivity contribution in [2.24, 2.45) is 0 Å². The van der Waals surface area contributed by atoms with E-state index in [1.165, 1.54) is 6.20 Å². The molecule has 0 aliphatic heterocycles. The van der Waals surface area contributed by atoms with Crippen molar-refractivity contribution in [3.63, 3.8) is 0 Å². The molecular formula is C15H16Cl2N2O. The van der Waals surface area contributed by atoms with Crippen LogP contribution in [0.25, 0.3) is 10.8 Å². The fourth-order valence-corrected chi connectivity index (χ4v) is 2.71. The fraction of sp³-hybridized carbons (Fsp3) is 0.333. The van der Waals surface area contributed by atoms with Crippen molar-refractivity contribution >= 4 is 39.9 Å². The highest BCUT2D eigenvalue weighted by atomic mass is 35.5. The highest BCUT2D eigenvalue weighted by molar-refractivity contribution is 6.40. The topological polar surface area (TPSA) is 33.2 Å². The third-order valence-electron chi connectivity index (χ3n) is 3.21. The fourth-order valence-electron chi connectivity index (χ4n) is 2.23. The van der Waals surface area contributed by atoms with Crippen LogP contribution in [-0.4, -0.2) is 28.9 Å². The van der Waals surface area contributed by atoms with Crippen LogP contribution in [-0.2, 0) is 0 Å². The van der Waals surface area contributed by atoms with E-state index in [9.17, 15) is 4.79 Å². The minimum atomic E-state index is -0.0587. The summed E-state index contributed by atoms with van der Waals surface area (Å²) in [7, 11) is 0. The van der Waals surface area contributed by atoms with Gasteiger partial charge in [-0.1, -0.05) is 42.3 Å². The van der Waals surface area contributed by atoms with Crippen molar-refractivity contribution in [2.75, 3.05) is 13.1 Å². The van der Waals surface area contributed by atoms with Crippen LogP contribution in [0.5, 0.6) is 0 Å². The SMILES string of the molecule is CCCN(CC)C(=O)c1cnc(Cl)c2cccc(Cl)c12. The van der Waals surface area contributed by atoms with Crippen LogP contribution >= 0.6 is 23.2 Å². The minimum Gasteiger partial charge on any atom is -0.339 e. The number of hydrogen-bond donors (Lipinski definition) is 0. The Hall–Kier alpha value is -1.32. The van der Waals surface area contributed by atoms with Crippen molar-refractivity contribution in [1.82, 2.24) is 9.88 Å². The van der Waals surface area contributed by atoms with Gasteiger partial charge in [-0.3, -0.25) is 4.79 Å². The van der Waals surface area contributed by atoms with Crippen molar-refractivity contribution in [2.45, 2.75) is 20.3 Å². The number of rotatable bonds is 4. The summed E-state index contributed by atoms with van der Waals surface area (Å²) in [5.41, 5.74) is 0.505. The molecule has 0 aliphatic carbocycles. The van der Waals surface area contributed by atoms with Gasteiger partial charge in [0.1, 0.15) is 5.15 Å². The molecule has 0 aliphatic rings. The molecule has 2 rings (SSSR count).